The predicted molar refractivity (Wildman–Crippen MR) is 104 cm³/mol. The molecule has 2 heterocycles. The van der Waals surface area contributed by atoms with Gasteiger partial charge in [0.15, 0.2) is 0 Å². The number of rotatable bonds is 2. The number of para-hydroxylation sites is 1. The molecule has 4 rings (SSSR count). The smallest absolute Gasteiger partial charge is 0.314 e. The average molecular weight is 364 g/mol. The Morgan fingerprint density at radius 2 is 1.56 bits per heavy atom. The second kappa shape index (κ2) is 7.11. The van der Waals surface area contributed by atoms with E-state index in [-0.39, 0.29) is 5.91 Å². The van der Waals surface area contributed by atoms with Crippen LogP contribution in [0.3, 0.4) is 0 Å². The number of aromatic amines is 2. The standard InChI is InChI=1S/C20H20N4O3/c25-18-19(26)22-17-13-14(7-8-16(17)21-18)20(27)24-10-4-9-23(11-12-24)15-5-2-1-3-6-15/h1-3,5-8,13H,4,9-12H2,(H,21,25)(H,22,26). The number of anilines is 1. The number of carbonyl (C=O) groups excluding carboxylic acids is 1. The third kappa shape index (κ3) is 3.48. The lowest BCUT2D eigenvalue weighted by Crippen LogP contribution is -2.35. The van der Waals surface area contributed by atoms with Crippen LogP contribution in [0.1, 0.15) is 16.8 Å². The number of fused-ring (bicyclic) bond motifs is 1. The number of nitrogens with one attached hydrogen (secondary N) is 2. The van der Waals surface area contributed by atoms with Crippen LogP contribution in [0.25, 0.3) is 11.0 Å². The molecule has 138 valence electrons. The topological polar surface area (TPSA) is 89.3 Å². The zero-order valence-electron chi connectivity index (χ0n) is 14.8. The first-order valence-electron chi connectivity index (χ1n) is 8.97. The van der Waals surface area contributed by atoms with Gasteiger partial charge in [0.1, 0.15) is 0 Å². The van der Waals surface area contributed by atoms with Gasteiger partial charge in [-0.25, -0.2) is 0 Å². The van der Waals surface area contributed by atoms with E-state index >= 15 is 0 Å². The summed E-state index contributed by atoms with van der Waals surface area (Å²) in [7, 11) is 0. The van der Waals surface area contributed by atoms with Crippen molar-refractivity contribution in [3.8, 4) is 0 Å². The van der Waals surface area contributed by atoms with Gasteiger partial charge in [0, 0.05) is 37.4 Å². The molecule has 0 saturated carbocycles. The summed E-state index contributed by atoms with van der Waals surface area (Å²) in [5, 5.41) is 0. The van der Waals surface area contributed by atoms with Gasteiger partial charge in [-0.2, -0.15) is 0 Å². The van der Waals surface area contributed by atoms with Crippen molar-refractivity contribution in [3.05, 3.63) is 74.8 Å². The van der Waals surface area contributed by atoms with Crippen LogP contribution >= 0.6 is 0 Å². The van der Waals surface area contributed by atoms with Crippen LogP contribution in [0.15, 0.2) is 58.1 Å². The van der Waals surface area contributed by atoms with Gasteiger partial charge >= 0.3 is 11.1 Å². The Kier molecular flexibility index (Phi) is 4.50. The first-order chi connectivity index (χ1) is 13.1. The van der Waals surface area contributed by atoms with Gasteiger partial charge < -0.3 is 19.8 Å². The summed E-state index contributed by atoms with van der Waals surface area (Å²) in [6, 6.07) is 15.1. The number of carbonyl (C=O) groups is 1. The van der Waals surface area contributed by atoms with Crippen LogP contribution in [0.4, 0.5) is 5.69 Å². The average Bonchev–Trinajstić information content (AvgIpc) is 2.95. The van der Waals surface area contributed by atoms with Crippen LogP contribution in [0.2, 0.25) is 0 Å². The van der Waals surface area contributed by atoms with E-state index < -0.39 is 11.1 Å². The molecule has 0 spiro atoms. The Morgan fingerprint density at radius 1 is 0.815 bits per heavy atom. The van der Waals surface area contributed by atoms with Crippen LogP contribution in [0, 0.1) is 0 Å². The Balaban J connectivity index is 1.54. The lowest BCUT2D eigenvalue weighted by atomic mass is 10.1. The number of benzene rings is 2. The molecular formula is C20H20N4O3. The normalized spacial score (nSPS) is 15.0. The quantitative estimate of drug-likeness (QED) is 0.676. The SMILES string of the molecule is O=C(c1ccc2[nH]c(=O)c(=O)[nH]c2c1)N1CCCN(c2ccccc2)CC1. The summed E-state index contributed by atoms with van der Waals surface area (Å²) >= 11 is 0. The number of aromatic nitrogens is 2. The van der Waals surface area contributed by atoms with Gasteiger partial charge in [-0.05, 0) is 36.8 Å². The first kappa shape index (κ1) is 17.1. The molecule has 1 aromatic heterocycles. The van der Waals surface area contributed by atoms with E-state index in [1.54, 1.807) is 18.2 Å². The largest absolute Gasteiger partial charge is 0.370 e. The molecule has 1 aliphatic rings. The number of H-pyrrole nitrogens is 2. The highest BCUT2D eigenvalue weighted by Crippen LogP contribution is 2.18. The highest BCUT2D eigenvalue weighted by Gasteiger charge is 2.21. The fourth-order valence-electron chi connectivity index (χ4n) is 3.45. The molecule has 7 nitrogen and oxygen atoms in total. The molecule has 1 saturated heterocycles. The van der Waals surface area contributed by atoms with E-state index in [1.807, 2.05) is 23.1 Å². The van der Waals surface area contributed by atoms with Crippen molar-refractivity contribution in [2.75, 3.05) is 31.1 Å². The second-order valence-corrected chi connectivity index (χ2v) is 6.64. The molecule has 3 aromatic rings. The molecule has 0 radical (unpaired) electrons. The number of hydrogen-bond donors (Lipinski definition) is 2. The highest BCUT2D eigenvalue weighted by atomic mass is 16.2. The minimum atomic E-state index is -0.722. The Bertz CT molecular complexity index is 1090. The molecule has 0 unspecified atom stereocenters. The summed E-state index contributed by atoms with van der Waals surface area (Å²) in [6.07, 6.45) is 0.887. The number of nitrogens with zero attached hydrogens (tertiary/aromatic N) is 2. The monoisotopic (exact) mass is 364 g/mol. The summed E-state index contributed by atoms with van der Waals surface area (Å²) in [4.78, 5) is 45.0. The minimum absolute atomic E-state index is 0.0705. The van der Waals surface area contributed by atoms with Crippen LogP contribution in [0.5, 0.6) is 0 Å². The van der Waals surface area contributed by atoms with E-state index in [0.29, 0.717) is 29.7 Å². The van der Waals surface area contributed by atoms with Crippen molar-refractivity contribution in [1.29, 1.82) is 0 Å². The fourth-order valence-corrected chi connectivity index (χ4v) is 3.45. The maximum atomic E-state index is 12.9. The third-order valence-corrected chi connectivity index (χ3v) is 4.87. The van der Waals surface area contributed by atoms with E-state index in [9.17, 15) is 14.4 Å². The Hall–Kier alpha value is -3.35. The molecule has 0 aliphatic carbocycles. The fraction of sp³-hybridized carbons (Fsp3) is 0.250. The zero-order chi connectivity index (χ0) is 18.8. The van der Waals surface area contributed by atoms with E-state index in [1.165, 1.54) is 5.69 Å². The van der Waals surface area contributed by atoms with Crippen LogP contribution in [-0.4, -0.2) is 47.0 Å². The van der Waals surface area contributed by atoms with Crippen LogP contribution < -0.4 is 16.0 Å². The van der Waals surface area contributed by atoms with Crippen molar-refractivity contribution in [2.24, 2.45) is 0 Å². The Labute approximate surface area is 155 Å². The molecule has 27 heavy (non-hydrogen) atoms. The summed E-state index contributed by atoms with van der Waals surface area (Å²) in [5.41, 5.74) is 1.20. The lowest BCUT2D eigenvalue weighted by Gasteiger charge is -2.23. The van der Waals surface area contributed by atoms with Gasteiger partial charge in [0.25, 0.3) is 5.91 Å². The molecule has 2 aromatic carbocycles. The van der Waals surface area contributed by atoms with Gasteiger partial charge in [-0.15, -0.1) is 0 Å². The predicted octanol–water partition coefficient (Wildman–Crippen LogP) is 1.57. The minimum Gasteiger partial charge on any atom is -0.370 e. The zero-order valence-corrected chi connectivity index (χ0v) is 14.8. The highest BCUT2D eigenvalue weighted by molar-refractivity contribution is 5.97. The van der Waals surface area contributed by atoms with E-state index in [2.05, 4.69) is 27.0 Å². The molecule has 1 aliphatic heterocycles. The molecule has 1 amide bonds. The molecular weight excluding hydrogens is 344 g/mol. The summed E-state index contributed by atoms with van der Waals surface area (Å²) in [5.74, 6) is -0.0705. The lowest BCUT2D eigenvalue weighted by molar-refractivity contribution is 0.0767. The molecule has 0 bridgehead atoms. The molecule has 1 fully saturated rings. The van der Waals surface area contributed by atoms with Gasteiger partial charge in [-0.3, -0.25) is 14.4 Å². The third-order valence-electron chi connectivity index (χ3n) is 4.87. The van der Waals surface area contributed by atoms with Crippen molar-refractivity contribution < 1.29 is 4.79 Å². The van der Waals surface area contributed by atoms with Crippen molar-refractivity contribution in [3.63, 3.8) is 0 Å². The van der Waals surface area contributed by atoms with E-state index in [4.69, 9.17) is 0 Å². The van der Waals surface area contributed by atoms with Crippen molar-refractivity contribution in [2.45, 2.75) is 6.42 Å². The molecule has 0 atom stereocenters. The molecule has 7 heteroatoms. The summed E-state index contributed by atoms with van der Waals surface area (Å²) in [6.45, 7) is 2.99. The summed E-state index contributed by atoms with van der Waals surface area (Å²) < 4.78 is 0. The van der Waals surface area contributed by atoms with Gasteiger partial charge in [-0.1, -0.05) is 18.2 Å². The maximum Gasteiger partial charge on any atom is 0.314 e. The number of amides is 1. The molecule has 2 N–H and O–H groups in total. The number of hydrogen-bond acceptors (Lipinski definition) is 4. The van der Waals surface area contributed by atoms with Gasteiger partial charge in [0.2, 0.25) is 0 Å². The van der Waals surface area contributed by atoms with Crippen molar-refractivity contribution >= 4 is 22.6 Å². The first-order valence-corrected chi connectivity index (χ1v) is 8.97. The maximum absolute atomic E-state index is 12.9. The van der Waals surface area contributed by atoms with Crippen LogP contribution in [-0.2, 0) is 0 Å². The van der Waals surface area contributed by atoms with Gasteiger partial charge in [0.05, 0.1) is 11.0 Å². The Morgan fingerprint density at radius 3 is 2.33 bits per heavy atom. The second-order valence-electron chi connectivity index (χ2n) is 6.64. The van der Waals surface area contributed by atoms with E-state index in [0.717, 1.165) is 19.5 Å². The van der Waals surface area contributed by atoms with Crippen molar-refractivity contribution in [1.82, 2.24) is 14.9 Å².